The average molecular weight is 291 g/mol. The van der Waals surface area contributed by atoms with Crippen LogP contribution in [0.15, 0.2) is 0 Å². The van der Waals surface area contributed by atoms with Crippen molar-refractivity contribution in [2.24, 2.45) is 0 Å². The highest BCUT2D eigenvalue weighted by Crippen LogP contribution is 2.12. The molecule has 0 spiro atoms. The monoisotopic (exact) mass is 291 g/mol. The van der Waals surface area contributed by atoms with Gasteiger partial charge in [-0.1, -0.05) is 84.0 Å². The van der Waals surface area contributed by atoms with E-state index < -0.39 is 10.1 Å². The Morgan fingerprint density at radius 2 is 0.947 bits per heavy atom. The van der Waals surface area contributed by atoms with E-state index in [9.17, 15) is 13.0 Å². The lowest BCUT2D eigenvalue weighted by atomic mass is 10.1. The summed E-state index contributed by atoms with van der Waals surface area (Å²) < 4.78 is 31.1. The molecule has 0 bridgehead atoms. The van der Waals surface area contributed by atoms with Gasteiger partial charge in [-0.25, -0.2) is 8.42 Å². The number of rotatable bonds is 14. The highest BCUT2D eigenvalue weighted by molar-refractivity contribution is 7.85. The van der Waals surface area contributed by atoms with Crippen LogP contribution in [0.2, 0.25) is 0 Å². The Kier molecular flexibility index (Phi) is 12.9. The van der Waals surface area contributed by atoms with Crippen molar-refractivity contribution < 1.29 is 13.0 Å². The zero-order chi connectivity index (χ0) is 14.4. The van der Waals surface area contributed by atoms with Crippen LogP contribution in [0, 0.1) is 0 Å². The summed E-state index contributed by atoms with van der Waals surface area (Å²) in [6.07, 6.45) is 15.7. The van der Waals surface area contributed by atoms with Gasteiger partial charge in [0.05, 0.1) is 10.1 Å². The molecule has 0 aromatic rings. The third-order valence-electron chi connectivity index (χ3n) is 3.50. The van der Waals surface area contributed by atoms with Gasteiger partial charge in [0.2, 0.25) is 0 Å². The van der Waals surface area contributed by atoms with Crippen LogP contribution in [-0.2, 0) is 10.1 Å². The first-order valence-corrected chi connectivity index (χ1v) is 9.57. The molecule has 0 saturated heterocycles. The summed E-state index contributed by atoms with van der Waals surface area (Å²) in [7, 11) is -3.99. The first-order chi connectivity index (χ1) is 9.06. The fraction of sp³-hybridized carbons (Fsp3) is 1.00. The molecule has 0 atom stereocenters. The summed E-state index contributed by atoms with van der Waals surface area (Å²) in [5.41, 5.74) is 0. The second kappa shape index (κ2) is 12.9. The predicted molar refractivity (Wildman–Crippen MR) is 80.3 cm³/mol. The van der Waals surface area contributed by atoms with Crippen molar-refractivity contribution in [2.75, 3.05) is 5.75 Å². The third-order valence-corrected chi connectivity index (χ3v) is 4.29. The molecule has 0 fully saturated rings. The molecule has 0 aliphatic carbocycles. The van der Waals surface area contributed by atoms with Crippen LogP contribution in [0.25, 0.3) is 0 Å². The van der Waals surface area contributed by atoms with Gasteiger partial charge in [-0.05, 0) is 6.42 Å². The molecule has 0 aliphatic rings. The molecule has 4 heteroatoms. The van der Waals surface area contributed by atoms with E-state index in [-0.39, 0.29) is 5.75 Å². The van der Waals surface area contributed by atoms with Gasteiger partial charge in [0.1, 0.15) is 0 Å². The zero-order valence-corrected chi connectivity index (χ0v) is 13.3. The summed E-state index contributed by atoms with van der Waals surface area (Å²) in [5, 5.41) is 0. The summed E-state index contributed by atoms with van der Waals surface area (Å²) >= 11 is 0. The van der Waals surface area contributed by atoms with Gasteiger partial charge in [0.25, 0.3) is 0 Å². The molecular formula is C15H31O3S-. The molecule has 0 aromatic heterocycles. The second-order valence-corrected chi connectivity index (χ2v) is 7.03. The molecule has 0 heterocycles. The summed E-state index contributed by atoms with van der Waals surface area (Å²) in [4.78, 5) is 0. The molecule has 0 amide bonds. The smallest absolute Gasteiger partial charge is 0.0945 e. The van der Waals surface area contributed by atoms with Gasteiger partial charge in [0, 0.05) is 5.75 Å². The molecule has 19 heavy (non-hydrogen) atoms. The second-order valence-electron chi connectivity index (χ2n) is 5.50. The van der Waals surface area contributed by atoms with Crippen LogP contribution in [0.4, 0.5) is 0 Å². The largest absolute Gasteiger partial charge is 0.748 e. The van der Waals surface area contributed by atoms with Crippen molar-refractivity contribution >= 4 is 10.1 Å². The van der Waals surface area contributed by atoms with Crippen molar-refractivity contribution in [3.63, 3.8) is 0 Å². The average Bonchev–Trinajstić information content (AvgIpc) is 2.34. The van der Waals surface area contributed by atoms with Gasteiger partial charge < -0.3 is 4.55 Å². The van der Waals surface area contributed by atoms with E-state index >= 15 is 0 Å². The summed E-state index contributed by atoms with van der Waals surface area (Å²) in [6, 6.07) is 0. The molecule has 0 aliphatic heterocycles. The zero-order valence-electron chi connectivity index (χ0n) is 12.5. The molecule has 0 saturated carbocycles. The third kappa shape index (κ3) is 17.9. The lowest BCUT2D eigenvalue weighted by Crippen LogP contribution is -2.03. The molecule has 0 radical (unpaired) electrons. The van der Waals surface area contributed by atoms with E-state index in [1.807, 2.05) is 0 Å². The topological polar surface area (TPSA) is 57.2 Å². The van der Waals surface area contributed by atoms with E-state index in [1.165, 1.54) is 64.2 Å². The van der Waals surface area contributed by atoms with Crippen LogP contribution < -0.4 is 0 Å². The highest BCUT2D eigenvalue weighted by Gasteiger charge is 1.96. The van der Waals surface area contributed by atoms with Crippen molar-refractivity contribution in [3.8, 4) is 0 Å². The normalized spacial score (nSPS) is 11.9. The Morgan fingerprint density at radius 1 is 0.632 bits per heavy atom. The standard InChI is InChI=1S/C15H32O3S/c1-2-3-4-5-6-7-8-9-10-11-12-13-14-15-19(16,17)18/h2-15H2,1H3,(H,16,17,18)/p-1. The van der Waals surface area contributed by atoms with E-state index in [0.717, 1.165) is 12.8 Å². The van der Waals surface area contributed by atoms with Crippen LogP contribution in [0.5, 0.6) is 0 Å². The fourth-order valence-electron chi connectivity index (χ4n) is 2.30. The molecule has 116 valence electrons. The van der Waals surface area contributed by atoms with Gasteiger partial charge in [0.15, 0.2) is 0 Å². The predicted octanol–water partition coefficient (Wildman–Crippen LogP) is 4.62. The minimum atomic E-state index is -3.99. The lowest BCUT2D eigenvalue weighted by Gasteiger charge is -2.06. The molecule has 0 N–H and O–H groups in total. The van der Waals surface area contributed by atoms with E-state index in [4.69, 9.17) is 0 Å². The Hall–Kier alpha value is -0.0900. The first-order valence-electron chi connectivity index (χ1n) is 8.00. The van der Waals surface area contributed by atoms with E-state index in [0.29, 0.717) is 6.42 Å². The van der Waals surface area contributed by atoms with Crippen molar-refractivity contribution in [1.29, 1.82) is 0 Å². The van der Waals surface area contributed by atoms with Gasteiger partial charge >= 0.3 is 0 Å². The Labute approximate surface area is 119 Å². The lowest BCUT2D eigenvalue weighted by molar-refractivity contribution is 0.459. The number of unbranched alkanes of at least 4 members (excludes halogenated alkanes) is 12. The van der Waals surface area contributed by atoms with E-state index in [1.54, 1.807) is 0 Å². The molecule has 0 aromatic carbocycles. The molecule has 0 unspecified atom stereocenters. The maximum Gasteiger partial charge on any atom is 0.0945 e. The van der Waals surface area contributed by atoms with Crippen LogP contribution in [0.3, 0.4) is 0 Å². The Morgan fingerprint density at radius 3 is 1.26 bits per heavy atom. The Bertz CT molecular complexity index is 273. The maximum atomic E-state index is 10.4. The van der Waals surface area contributed by atoms with Gasteiger partial charge in [-0.15, -0.1) is 0 Å². The maximum absolute atomic E-state index is 10.4. The van der Waals surface area contributed by atoms with Crippen LogP contribution >= 0.6 is 0 Å². The minimum Gasteiger partial charge on any atom is -0.748 e. The fourth-order valence-corrected chi connectivity index (χ4v) is 2.85. The molecular weight excluding hydrogens is 260 g/mol. The quantitative estimate of drug-likeness (QED) is 0.346. The van der Waals surface area contributed by atoms with Crippen LogP contribution in [0.1, 0.15) is 90.4 Å². The van der Waals surface area contributed by atoms with Crippen LogP contribution in [-0.4, -0.2) is 18.7 Å². The van der Waals surface area contributed by atoms with Crippen molar-refractivity contribution in [1.82, 2.24) is 0 Å². The SMILES string of the molecule is CCCCCCCCCCCCCCCS(=O)(=O)[O-]. The number of hydrogen-bond donors (Lipinski definition) is 0. The number of hydrogen-bond acceptors (Lipinski definition) is 3. The van der Waals surface area contributed by atoms with Gasteiger partial charge in [-0.2, -0.15) is 0 Å². The summed E-state index contributed by atoms with van der Waals surface area (Å²) in [6.45, 7) is 2.24. The molecule has 3 nitrogen and oxygen atoms in total. The first kappa shape index (κ1) is 18.9. The Balaban J connectivity index is 3.03. The minimum absolute atomic E-state index is 0.190. The van der Waals surface area contributed by atoms with Gasteiger partial charge in [-0.3, -0.25) is 0 Å². The molecule has 0 rings (SSSR count). The summed E-state index contributed by atoms with van der Waals surface area (Å²) in [5.74, 6) is -0.190. The van der Waals surface area contributed by atoms with Crippen molar-refractivity contribution in [3.05, 3.63) is 0 Å². The highest BCUT2D eigenvalue weighted by atomic mass is 32.2. The van der Waals surface area contributed by atoms with E-state index in [2.05, 4.69) is 6.92 Å². The van der Waals surface area contributed by atoms with Crippen molar-refractivity contribution in [2.45, 2.75) is 90.4 Å².